The predicted molar refractivity (Wildman–Crippen MR) is 76.4 cm³/mol. The van der Waals surface area contributed by atoms with Gasteiger partial charge in [-0.3, -0.25) is 0 Å². The van der Waals surface area contributed by atoms with E-state index in [1.54, 1.807) is 0 Å². The average Bonchev–Trinajstić information content (AvgIpc) is 2.79. The van der Waals surface area contributed by atoms with Crippen LogP contribution < -0.4 is 5.32 Å². The van der Waals surface area contributed by atoms with Crippen LogP contribution in [0.25, 0.3) is 0 Å². The van der Waals surface area contributed by atoms with Crippen molar-refractivity contribution < 1.29 is 0 Å². The van der Waals surface area contributed by atoms with Crippen molar-refractivity contribution in [2.75, 3.05) is 26.2 Å². The van der Waals surface area contributed by atoms with E-state index in [9.17, 15) is 0 Å². The summed E-state index contributed by atoms with van der Waals surface area (Å²) in [7, 11) is 0. The Bertz CT molecular complexity index is 182. The Balaban J connectivity index is 2.31. The molecule has 0 aromatic heterocycles. The topological polar surface area (TPSA) is 15.3 Å². The van der Waals surface area contributed by atoms with Crippen molar-refractivity contribution in [1.29, 1.82) is 0 Å². The zero-order chi connectivity index (χ0) is 12.5. The Morgan fingerprint density at radius 2 is 1.94 bits per heavy atom. The summed E-state index contributed by atoms with van der Waals surface area (Å²) in [6.45, 7) is 11.9. The first kappa shape index (κ1) is 15.0. The fourth-order valence-corrected chi connectivity index (χ4v) is 2.95. The van der Waals surface area contributed by atoms with Crippen LogP contribution in [0, 0.1) is 5.92 Å². The van der Waals surface area contributed by atoms with Crippen molar-refractivity contribution in [2.45, 2.75) is 65.3 Å². The molecule has 0 radical (unpaired) electrons. The van der Waals surface area contributed by atoms with E-state index >= 15 is 0 Å². The summed E-state index contributed by atoms with van der Waals surface area (Å²) < 4.78 is 0. The van der Waals surface area contributed by atoms with Crippen LogP contribution in [-0.2, 0) is 0 Å². The molecule has 0 spiro atoms. The highest BCUT2D eigenvalue weighted by atomic mass is 15.1. The minimum absolute atomic E-state index is 0.797. The van der Waals surface area contributed by atoms with Crippen LogP contribution in [0.5, 0.6) is 0 Å². The van der Waals surface area contributed by atoms with E-state index in [0.29, 0.717) is 0 Å². The maximum absolute atomic E-state index is 3.74. The fraction of sp³-hybridized carbons (Fsp3) is 1.00. The number of hydrogen-bond acceptors (Lipinski definition) is 2. The van der Waals surface area contributed by atoms with Crippen LogP contribution in [0.4, 0.5) is 0 Å². The van der Waals surface area contributed by atoms with E-state index in [0.717, 1.165) is 12.0 Å². The molecule has 2 heteroatoms. The first-order chi connectivity index (χ1) is 8.31. The standard InChI is InChI=1S/C15H32N2/c1-4-7-12-17(6-3)13-14-9-8-10-15(14)16-11-5-2/h14-16H,4-13H2,1-3H3. The van der Waals surface area contributed by atoms with Gasteiger partial charge in [-0.2, -0.15) is 0 Å². The number of nitrogens with one attached hydrogen (secondary N) is 1. The second-order valence-electron chi connectivity index (χ2n) is 5.50. The summed E-state index contributed by atoms with van der Waals surface area (Å²) in [4.78, 5) is 2.65. The molecule has 0 bridgehead atoms. The maximum atomic E-state index is 3.74. The van der Waals surface area contributed by atoms with Gasteiger partial charge in [0.15, 0.2) is 0 Å². The van der Waals surface area contributed by atoms with E-state index in [4.69, 9.17) is 0 Å². The van der Waals surface area contributed by atoms with Crippen LogP contribution in [0.15, 0.2) is 0 Å². The molecular formula is C15H32N2. The predicted octanol–water partition coefficient (Wildman–Crippen LogP) is 3.28. The second kappa shape index (κ2) is 8.93. The number of rotatable bonds is 9. The van der Waals surface area contributed by atoms with Gasteiger partial charge in [-0.05, 0) is 51.2 Å². The lowest BCUT2D eigenvalue weighted by Crippen LogP contribution is -2.40. The van der Waals surface area contributed by atoms with E-state index < -0.39 is 0 Å². The molecular weight excluding hydrogens is 208 g/mol. The number of unbranched alkanes of at least 4 members (excludes halogenated alkanes) is 1. The third-order valence-electron chi connectivity index (χ3n) is 4.08. The van der Waals surface area contributed by atoms with Gasteiger partial charge in [0.25, 0.3) is 0 Å². The molecule has 0 aromatic carbocycles. The second-order valence-corrected chi connectivity index (χ2v) is 5.50. The molecule has 1 saturated carbocycles. The Morgan fingerprint density at radius 3 is 2.59 bits per heavy atom. The van der Waals surface area contributed by atoms with Crippen molar-refractivity contribution in [1.82, 2.24) is 10.2 Å². The molecule has 2 atom stereocenters. The van der Waals surface area contributed by atoms with Crippen molar-refractivity contribution in [3.05, 3.63) is 0 Å². The van der Waals surface area contributed by atoms with E-state index in [1.165, 1.54) is 64.7 Å². The van der Waals surface area contributed by atoms with Crippen LogP contribution in [-0.4, -0.2) is 37.1 Å². The van der Waals surface area contributed by atoms with Crippen LogP contribution in [0.3, 0.4) is 0 Å². The molecule has 1 rings (SSSR count). The summed E-state index contributed by atoms with van der Waals surface area (Å²) in [6.07, 6.45) is 8.19. The third kappa shape index (κ3) is 5.39. The van der Waals surface area contributed by atoms with Gasteiger partial charge in [-0.15, -0.1) is 0 Å². The summed E-state index contributed by atoms with van der Waals surface area (Å²) in [5, 5.41) is 3.74. The highest BCUT2D eigenvalue weighted by Gasteiger charge is 2.27. The van der Waals surface area contributed by atoms with Crippen molar-refractivity contribution in [2.24, 2.45) is 5.92 Å². The Kier molecular flexibility index (Phi) is 7.87. The lowest BCUT2D eigenvalue weighted by atomic mass is 10.0. The molecule has 0 saturated heterocycles. The number of nitrogens with zero attached hydrogens (tertiary/aromatic N) is 1. The van der Waals surface area contributed by atoms with E-state index in [2.05, 4.69) is 31.0 Å². The number of hydrogen-bond donors (Lipinski definition) is 1. The normalized spacial score (nSPS) is 24.7. The molecule has 102 valence electrons. The van der Waals surface area contributed by atoms with Gasteiger partial charge in [0.2, 0.25) is 0 Å². The zero-order valence-electron chi connectivity index (χ0n) is 12.2. The minimum atomic E-state index is 0.797. The molecule has 0 heterocycles. The Hall–Kier alpha value is -0.0800. The molecule has 2 nitrogen and oxygen atoms in total. The van der Waals surface area contributed by atoms with Gasteiger partial charge in [0.1, 0.15) is 0 Å². The SMILES string of the molecule is CCCCN(CC)CC1CCCC1NCCC. The molecule has 0 aliphatic heterocycles. The molecule has 2 unspecified atom stereocenters. The van der Waals surface area contributed by atoms with Gasteiger partial charge in [-0.1, -0.05) is 33.6 Å². The highest BCUT2D eigenvalue weighted by Crippen LogP contribution is 2.26. The third-order valence-corrected chi connectivity index (χ3v) is 4.08. The van der Waals surface area contributed by atoms with E-state index in [-0.39, 0.29) is 0 Å². The molecule has 17 heavy (non-hydrogen) atoms. The summed E-state index contributed by atoms with van der Waals surface area (Å²) in [5.74, 6) is 0.901. The van der Waals surface area contributed by atoms with Gasteiger partial charge < -0.3 is 10.2 Å². The molecule has 1 aliphatic carbocycles. The first-order valence-electron chi connectivity index (χ1n) is 7.77. The maximum Gasteiger partial charge on any atom is 0.0107 e. The smallest absolute Gasteiger partial charge is 0.0107 e. The lowest BCUT2D eigenvalue weighted by molar-refractivity contribution is 0.219. The molecule has 1 N–H and O–H groups in total. The highest BCUT2D eigenvalue weighted by molar-refractivity contribution is 4.85. The van der Waals surface area contributed by atoms with Gasteiger partial charge in [-0.25, -0.2) is 0 Å². The van der Waals surface area contributed by atoms with Crippen LogP contribution >= 0.6 is 0 Å². The van der Waals surface area contributed by atoms with Crippen molar-refractivity contribution in [3.8, 4) is 0 Å². The molecule has 0 aromatic rings. The molecule has 0 amide bonds. The largest absolute Gasteiger partial charge is 0.314 e. The summed E-state index contributed by atoms with van der Waals surface area (Å²) in [5.41, 5.74) is 0. The van der Waals surface area contributed by atoms with E-state index in [1.807, 2.05) is 0 Å². The van der Waals surface area contributed by atoms with Gasteiger partial charge in [0.05, 0.1) is 0 Å². The minimum Gasteiger partial charge on any atom is -0.314 e. The van der Waals surface area contributed by atoms with Crippen LogP contribution in [0.1, 0.15) is 59.3 Å². The first-order valence-corrected chi connectivity index (χ1v) is 7.77. The zero-order valence-corrected chi connectivity index (χ0v) is 12.2. The summed E-state index contributed by atoms with van der Waals surface area (Å²) >= 11 is 0. The Morgan fingerprint density at radius 1 is 1.12 bits per heavy atom. The van der Waals surface area contributed by atoms with Crippen LogP contribution in [0.2, 0.25) is 0 Å². The fourth-order valence-electron chi connectivity index (χ4n) is 2.95. The monoisotopic (exact) mass is 240 g/mol. The molecule has 1 fully saturated rings. The van der Waals surface area contributed by atoms with Crippen molar-refractivity contribution in [3.63, 3.8) is 0 Å². The molecule has 1 aliphatic rings. The lowest BCUT2D eigenvalue weighted by Gasteiger charge is -2.28. The quantitative estimate of drug-likeness (QED) is 0.665. The average molecular weight is 240 g/mol. The summed E-state index contributed by atoms with van der Waals surface area (Å²) in [6, 6.07) is 0.797. The van der Waals surface area contributed by atoms with Gasteiger partial charge in [0, 0.05) is 12.6 Å². The van der Waals surface area contributed by atoms with Gasteiger partial charge >= 0.3 is 0 Å². The van der Waals surface area contributed by atoms with Crippen molar-refractivity contribution >= 4 is 0 Å². The Labute approximate surface area is 108 Å².